The van der Waals surface area contributed by atoms with E-state index in [1.807, 2.05) is 0 Å². The van der Waals surface area contributed by atoms with E-state index in [2.05, 4.69) is 16.7 Å². The standard InChI is InChI=1S/C10H18N2O/c1-3-11-6-4-10(8-11)5-7-12(10)9(2)13/h3-8H2,1-2H3. The highest BCUT2D eigenvalue weighted by Gasteiger charge is 2.49. The topological polar surface area (TPSA) is 23.6 Å². The number of nitrogens with zero attached hydrogens (tertiary/aromatic N) is 2. The third kappa shape index (κ3) is 1.26. The Hall–Kier alpha value is -0.570. The van der Waals surface area contributed by atoms with Gasteiger partial charge < -0.3 is 9.80 Å². The van der Waals surface area contributed by atoms with Gasteiger partial charge in [-0.05, 0) is 19.4 Å². The van der Waals surface area contributed by atoms with Crippen molar-refractivity contribution in [2.24, 2.45) is 0 Å². The van der Waals surface area contributed by atoms with Crippen molar-refractivity contribution in [1.29, 1.82) is 0 Å². The highest BCUT2D eigenvalue weighted by atomic mass is 16.2. The van der Waals surface area contributed by atoms with E-state index in [-0.39, 0.29) is 11.4 Å². The van der Waals surface area contributed by atoms with E-state index in [9.17, 15) is 4.79 Å². The first-order valence-electron chi connectivity index (χ1n) is 5.18. The van der Waals surface area contributed by atoms with Crippen LogP contribution in [0.3, 0.4) is 0 Å². The lowest BCUT2D eigenvalue weighted by Gasteiger charge is -2.50. The first-order valence-corrected chi connectivity index (χ1v) is 5.18. The Balaban J connectivity index is 2.03. The Morgan fingerprint density at radius 2 is 2.08 bits per heavy atom. The fraction of sp³-hybridized carbons (Fsp3) is 0.900. The van der Waals surface area contributed by atoms with Gasteiger partial charge in [0.2, 0.25) is 5.91 Å². The molecular weight excluding hydrogens is 164 g/mol. The van der Waals surface area contributed by atoms with E-state index >= 15 is 0 Å². The summed E-state index contributed by atoms with van der Waals surface area (Å²) in [5, 5.41) is 0. The molecule has 0 N–H and O–H groups in total. The van der Waals surface area contributed by atoms with E-state index in [4.69, 9.17) is 0 Å². The zero-order valence-electron chi connectivity index (χ0n) is 8.55. The second-order valence-electron chi connectivity index (χ2n) is 4.26. The third-order valence-electron chi connectivity index (χ3n) is 3.61. The highest BCUT2D eigenvalue weighted by molar-refractivity contribution is 5.75. The van der Waals surface area contributed by atoms with Crippen molar-refractivity contribution in [1.82, 2.24) is 9.80 Å². The normalized spacial score (nSPS) is 33.8. The van der Waals surface area contributed by atoms with Gasteiger partial charge >= 0.3 is 0 Å². The molecule has 2 rings (SSSR count). The van der Waals surface area contributed by atoms with Crippen molar-refractivity contribution in [2.45, 2.75) is 32.2 Å². The lowest BCUT2D eigenvalue weighted by molar-refractivity contribution is -0.143. The number of carbonyl (C=O) groups excluding carboxylic acids is 1. The van der Waals surface area contributed by atoms with E-state index in [0.717, 1.165) is 19.6 Å². The average Bonchev–Trinajstić information content (AvgIpc) is 2.46. The molecule has 13 heavy (non-hydrogen) atoms. The molecule has 2 heterocycles. The molecule has 2 saturated heterocycles. The predicted octanol–water partition coefficient (Wildman–Crippen LogP) is 0.703. The van der Waals surface area contributed by atoms with E-state index < -0.39 is 0 Å². The van der Waals surface area contributed by atoms with Gasteiger partial charge in [-0.3, -0.25) is 4.79 Å². The molecule has 0 aromatic carbocycles. The van der Waals surface area contributed by atoms with Crippen LogP contribution >= 0.6 is 0 Å². The molecule has 1 amide bonds. The van der Waals surface area contributed by atoms with Crippen molar-refractivity contribution in [3.63, 3.8) is 0 Å². The van der Waals surface area contributed by atoms with Crippen LogP contribution in [0.15, 0.2) is 0 Å². The molecule has 1 unspecified atom stereocenters. The number of rotatable bonds is 1. The second-order valence-corrected chi connectivity index (χ2v) is 4.26. The van der Waals surface area contributed by atoms with Crippen molar-refractivity contribution < 1.29 is 4.79 Å². The molecule has 3 heteroatoms. The van der Waals surface area contributed by atoms with Gasteiger partial charge in [-0.25, -0.2) is 0 Å². The van der Waals surface area contributed by atoms with Gasteiger partial charge in [0, 0.05) is 26.6 Å². The Morgan fingerprint density at radius 3 is 2.46 bits per heavy atom. The zero-order chi connectivity index (χ0) is 9.47. The van der Waals surface area contributed by atoms with Crippen LogP contribution in [0.1, 0.15) is 26.7 Å². The van der Waals surface area contributed by atoms with Gasteiger partial charge in [-0.2, -0.15) is 0 Å². The van der Waals surface area contributed by atoms with Crippen LogP contribution in [-0.2, 0) is 4.79 Å². The third-order valence-corrected chi connectivity index (χ3v) is 3.61. The summed E-state index contributed by atoms with van der Waals surface area (Å²) >= 11 is 0. The smallest absolute Gasteiger partial charge is 0.219 e. The number of hydrogen-bond acceptors (Lipinski definition) is 2. The highest BCUT2D eigenvalue weighted by Crippen LogP contribution is 2.38. The second kappa shape index (κ2) is 2.98. The van der Waals surface area contributed by atoms with Crippen molar-refractivity contribution in [2.75, 3.05) is 26.2 Å². The quantitative estimate of drug-likeness (QED) is 0.596. The largest absolute Gasteiger partial charge is 0.336 e. The summed E-state index contributed by atoms with van der Waals surface area (Å²) in [7, 11) is 0. The molecule has 1 atom stereocenters. The predicted molar refractivity (Wildman–Crippen MR) is 51.5 cm³/mol. The molecule has 0 saturated carbocycles. The Bertz CT molecular complexity index is 229. The molecule has 2 aliphatic rings. The number of likely N-dealkylation sites (N-methyl/N-ethyl adjacent to an activating group) is 1. The van der Waals surface area contributed by atoms with Gasteiger partial charge in [0.05, 0.1) is 5.54 Å². The van der Waals surface area contributed by atoms with Crippen LogP contribution in [0, 0.1) is 0 Å². The number of amides is 1. The molecule has 0 radical (unpaired) electrons. The Kier molecular flexibility index (Phi) is 2.06. The van der Waals surface area contributed by atoms with Crippen molar-refractivity contribution >= 4 is 5.91 Å². The van der Waals surface area contributed by atoms with E-state index in [1.165, 1.54) is 19.4 Å². The van der Waals surface area contributed by atoms with Crippen molar-refractivity contribution in [3.05, 3.63) is 0 Å². The molecule has 1 spiro atoms. The molecule has 0 aliphatic carbocycles. The van der Waals surface area contributed by atoms with Crippen LogP contribution in [0.2, 0.25) is 0 Å². The maximum atomic E-state index is 11.3. The summed E-state index contributed by atoms with van der Waals surface area (Å²) in [4.78, 5) is 15.8. The molecule has 0 aromatic heterocycles. The summed E-state index contributed by atoms with van der Waals surface area (Å²) in [5.74, 6) is 0.254. The minimum absolute atomic E-state index is 0.238. The van der Waals surface area contributed by atoms with Gasteiger partial charge in [0.1, 0.15) is 0 Å². The number of carbonyl (C=O) groups is 1. The van der Waals surface area contributed by atoms with Gasteiger partial charge in [-0.15, -0.1) is 0 Å². The minimum Gasteiger partial charge on any atom is -0.336 e. The lowest BCUT2D eigenvalue weighted by atomic mass is 9.84. The summed E-state index contributed by atoms with van der Waals surface area (Å²) in [6, 6.07) is 0. The van der Waals surface area contributed by atoms with Gasteiger partial charge in [0.15, 0.2) is 0 Å². The van der Waals surface area contributed by atoms with Gasteiger partial charge in [0.25, 0.3) is 0 Å². The molecule has 74 valence electrons. The van der Waals surface area contributed by atoms with Crippen LogP contribution < -0.4 is 0 Å². The van der Waals surface area contributed by atoms with Crippen LogP contribution in [0.5, 0.6) is 0 Å². The minimum atomic E-state index is 0.238. The van der Waals surface area contributed by atoms with Crippen LogP contribution in [0.25, 0.3) is 0 Å². The first-order chi connectivity index (χ1) is 6.18. The maximum absolute atomic E-state index is 11.3. The Morgan fingerprint density at radius 1 is 1.38 bits per heavy atom. The maximum Gasteiger partial charge on any atom is 0.219 e. The summed E-state index contributed by atoms with van der Waals surface area (Å²) in [5.41, 5.74) is 0.238. The number of likely N-dealkylation sites (tertiary alicyclic amines) is 2. The fourth-order valence-electron chi connectivity index (χ4n) is 2.67. The van der Waals surface area contributed by atoms with Crippen LogP contribution in [0.4, 0.5) is 0 Å². The fourth-order valence-corrected chi connectivity index (χ4v) is 2.67. The summed E-state index contributed by atoms with van der Waals surface area (Å²) in [6.07, 6.45) is 2.39. The summed E-state index contributed by atoms with van der Waals surface area (Å²) in [6.45, 7) is 8.25. The monoisotopic (exact) mass is 182 g/mol. The molecule has 0 aromatic rings. The van der Waals surface area contributed by atoms with E-state index in [0.29, 0.717) is 0 Å². The number of hydrogen-bond donors (Lipinski definition) is 0. The first kappa shape index (κ1) is 9.00. The Labute approximate surface area is 79.7 Å². The van der Waals surface area contributed by atoms with E-state index in [1.54, 1.807) is 6.92 Å². The van der Waals surface area contributed by atoms with Crippen molar-refractivity contribution in [3.8, 4) is 0 Å². The van der Waals surface area contributed by atoms with Gasteiger partial charge in [-0.1, -0.05) is 6.92 Å². The summed E-state index contributed by atoms with van der Waals surface area (Å²) < 4.78 is 0. The van der Waals surface area contributed by atoms with Crippen LogP contribution in [-0.4, -0.2) is 47.4 Å². The molecule has 3 nitrogen and oxygen atoms in total. The zero-order valence-corrected chi connectivity index (χ0v) is 8.55. The average molecular weight is 182 g/mol. The molecule has 2 fully saturated rings. The lowest BCUT2D eigenvalue weighted by Crippen LogP contribution is -2.62. The SMILES string of the molecule is CCN1CCC2(CCN2C(C)=O)C1. The molecule has 2 aliphatic heterocycles. The molecular formula is C10H18N2O. The molecule has 0 bridgehead atoms.